The number of carbonyl (C=O) groups is 2. The predicted molar refractivity (Wildman–Crippen MR) is 94.6 cm³/mol. The molecule has 0 saturated carbocycles. The van der Waals surface area contributed by atoms with Crippen molar-refractivity contribution in [1.29, 1.82) is 0 Å². The van der Waals surface area contributed by atoms with Gasteiger partial charge in [0.2, 0.25) is 0 Å². The van der Waals surface area contributed by atoms with Crippen LogP contribution in [0.5, 0.6) is 0 Å². The number of aryl methyl sites for hydroxylation is 1. The molecule has 0 radical (unpaired) electrons. The van der Waals surface area contributed by atoms with Crippen molar-refractivity contribution in [1.82, 2.24) is 0 Å². The summed E-state index contributed by atoms with van der Waals surface area (Å²) in [6.45, 7) is 1.99. The lowest BCUT2D eigenvalue weighted by atomic mass is 10.1. The average molecular weight is 335 g/mol. The molecule has 126 valence electrons. The SMILES string of the molecule is Cc1cccc(-c2ccc(C(=O)Nc3cccc(CC(=O)O)c3)o2)c1. The van der Waals surface area contributed by atoms with Crippen LogP contribution in [-0.2, 0) is 11.2 Å². The van der Waals surface area contributed by atoms with E-state index in [1.165, 1.54) is 0 Å². The number of furan rings is 1. The van der Waals surface area contributed by atoms with Crippen LogP contribution in [0.15, 0.2) is 65.1 Å². The largest absolute Gasteiger partial charge is 0.481 e. The topological polar surface area (TPSA) is 79.5 Å². The van der Waals surface area contributed by atoms with Crippen LogP contribution in [-0.4, -0.2) is 17.0 Å². The molecular weight excluding hydrogens is 318 g/mol. The maximum absolute atomic E-state index is 12.3. The summed E-state index contributed by atoms with van der Waals surface area (Å²) in [7, 11) is 0. The number of amides is 1. The number of anilines is 1. The monoisotopic (exact) mass is 335 g/mol. The van der Waals surface area contributed by atoms with Gasteiger partial charge in [0.1, 0.15) is 5.76 Å². The maximum atomic E-state index is 12.3. The molecule has 0 fully saturated rings. The molecule has 1 amide bonds. The minimum atomic E-state index is -0.919. The number of carboxylic acid groups (broad SMARTS) is 1. The molecule has 5 nitrogen and oxygen atoms in total. The summed E-state index contributed by atoms with van der Waals surface area (Å²) in [6, 6.07) is 17.9. The number of carbonyl (C=O) groups excluding carboxylic acids is 1. The molecular formula is C20H17NO4. The van der Waals surface area contributed by atoms with Crippen molar-refractivity contribution < 1.29 is 19.1 Å². The van der Waals surface area contributed by atoms with E-state index >= 15 is 0 Å². The Kier molecular flexibility index (Phi) is 4.66. The zero-order chi connectivity index (χ0) is 17.8. The van der Waals surface area contributed by atoms with Crippen LogP contribution in [0.4, 0.5) is 5.69 Å². The lowest BCUT2D eigenvalue weighted by Crippen LogP contribution is -2.11. The number of aliphatic carboxylic acids is 1. The molecule has 0 spiro atoms. The van der Waals surface area contributed by atoms with Gasteiger partial charge in [-0.1, -0.05) is 35.9 Å². The lowest BCUT2D eigenvalue weighted by Gasteiger charge is -2.05. The zero-order valence-corrected chi connectivity index (χ0v) is 13.7. The summed E-state index contributed by atoms with van der Waals surface area (Å²) in [4.78, 5) is 23.1. The van der Waals surface area contributed by atoms with Gasteiger partial charge in [-0.15, -0.1) is 0 Å². The van der Waals surface area contributed by atoms with Crippen LogP contribution in [0.25, 0.3) is 11.3 Å². The molecule has 0 aliphatic rings. The van der Waals surface area contributed by atoms with E-state index in [9.17, 15) is 9.59 Å². The van der Waals surface area contributed by atoms with Gasteiger partial charge in [0.25, 0.3) is 5.91 Å². The number of nitrogens with one attached hydrogen (secondary N) is 1. The summed E-state index contributed by atoms with van der Waals surface area (Å²) in [5.74, 6) is -0.489. The smallest absolute Gasteiger partial charge is 0.307 e. The van der Waals surface area contributed by atoms with Crippen molar-refractivity contribution in [2.75, 3.05) is 5.32 Å². The Morgan fingerprint density at radius 1 is 1.04 bits per heavy atom. The Hall–Kier alpha value is -3.34. The summed E-state index contributed by atoms with van der Waals surface area (Å²) in [5, 5.41) is 11.6. The molecule has 0 saturated heterocycles. The Balaban J connectivity index is 1.75. The van der Waals surface area contributed by atoms with Crippen molar-refractivity contribution in [3.8, 4) is 11.3 Å². The highest BCUT2D eigenvalue weighted by Crippen LogP contribution is 2.23. The number of hydrogen-bond acceptors (Lipinski definition) is 3. The molecule has 1 heterocycles. The van der Waals surface area contributed by atoms with Crippen LogP contribution in [0.3, 0.4) is 0 Å². The summed E-state index contributed by atoms with van der Waals surface area (Å²) in [5.41, 5.74) is 3.15. The Morgan fingerprint density at radius 2 is 1.84 bits per heavy atom. The Morgan fingerprint density at radius 3 is 2.60 bits per heavy atom. The molecule has 0 atom stereocenters. The normalized spacial score (nSPS) is 10.4. The van der Waals surface area contributed by atoms with E-state index in [-0.39, 0.29) is 18.1 Å². The van der Waals surface area contributed by atoms with Gasteiger partial charge in [-0.3, -0.25) is 9.59 Å². The molecule has 2 aromatic carbocycles. The minimum Gasteiger partial charge on any atom is -0.481 e. The second kappa shape index (κ2) is 7.05. The quantitative estimate of drug-likeness (QED) is 0.734. The van der Waals surface area contributed by atoms with Crippen LogP contribution in [0.1, 0.15) is 21.7 Å². The van der Waals surface area contributed by atoms with Crippen molar-refractivity contribution in [2.24, 2.45) is 0 Å². The summed E-state index contributed by atoms with van der Waals surface area (Å²) < 4.78 is 5.65. The van der Waals surface area contributed by atoms with E-state index in [1.54, 1.807) is 36.4 Å². The molecule has 3 aromatic rings. The third-order valence-electron chi connectivity index (χ3n) is 3.67. The fourth-order valence-corrected chi connectivity index (χ4v) is 2.54. The van der Waals surface area contributed by atoms with Gasteiger partial charge < -0.3 is 14.8 Å². The first-order valence-electron chi connectivity index (χ1n) is 7.80. The van der Waals surface area contributed by atoms with E-state index in [2.05, 4.69) is 5.32 Å². The number of hydrogen-bond donors (Lipinski definition) is 2. The van der Waals surface area contributed by atoms with E-state index in [0.717, 1.165) is 11.1 Å². The molecule has 0 bridgehead atoms. The molecule has 25 heavy (non-hydrogen) atoms. The fourth-order valence-electron chi connectivity index (χ4n) is 2.54. The second-order valence-electron chi connectivity index (χ2n) is 5.76. The lowest BCUT2D eigenvalue weighted by molar-refractivity contribution is -0.136. The van der Waals surface area contributed by atoms with Crippen molar-refractivity contribution in [2.45, 2.75) is 13.3 Å². The highest BCUT2D eigenvalue weighted by molar-refractivity contribution is 6.02. The van der Waals surface area contributed by atoms with Crippen LogP contribution in [0.2, 0.25) is 0 Å². The first kappa shape index (κ1) is 16.5. The fraction of sp³-hybridized carbons (Fsp3) is 0.100. The number of carboxylic acids is 1. The van der Waals surface area contributed by atoms with Crippen LogP contribution >= 0.6 is 0 Å². The van der Waals surface area contributed by atoms with Gasteiger partial charge in [-0.05, 0) is 42.8 Å². The zero-order valence-electron chi connectivity index (χ0n) is 13.7. The van der Waals surface area contributed by atoms with Crippen molar-refractivity contribution in [3.05, 3.63) is 77.6 Å². The van der Waals surface area contributed by atoms with E-state index in [1.807, 2.05) is 31.2 Å². The second-order valence-corrected chi connectivity index (χ2v) is 5.76. The van der Waals surface area contributed by atoms with Gasteiger partial charge in [0.05, 0.1) is 6.42 Å². The molecule has 3 rings (SSSR count). The standard InChI is InChI=1S/C20H17NO4/c1-13-4-2-6-15(10-13)17-8-9-18(25-17)20(24)21-16-7-3-5-14(11-16)12-19(22)23/h2-11H,12H2,1H3,(H,21,24)(H,22,23). The summed E-state index contributed by atoms with van der Waals surface area (Å²) >= 11 is 0. The van der Waals surface area contributed by atoms with Gasteiger partial charge in [-0.25, -0.2) is 0 Å². The minimum absolute atomic E-state index is 0.0953. The first-order chi connectivity index (χ1) is 12.0. The van der Waals surface area contributed by atoms with E-state index < -0.39 is 5.97 Å². The van der Waals surface area contributed by atoms with Crippen LogP contribution in [0, 0.1) is 6.92 Å². The molecule has 2 N–H and O–H groups in total. The van der Waals surface area contributed by atoms with Crippen molar-refractivity contribution in [3.63, 3.8) is 0 Å². The highest BCUT2D eigenvalue weighted by atomic mass is 16.4. The third kappa shape index (κ3) is 4.14. The molecule has 0 unspecified atom stereocenters. The van der Waals surface area contributed by atoms with E-state index in [0.29, 0.717) is 17.0 Å². The summed E-state index contributed by atoms with van der Waals surface area (Å²) in [6.07, 6.45) is -0.0953. The van der Waals surface area contributed by atoms with Gasteiger partial charge >= 0.3 is 5.97 Å². The highest BCUT2D eigenvalue weighted by Gasteiger charge is 2.13. The van der Waals surface area contributed by atoms with E-state index in [4.69, 9.17) is 9.52 Å². The average Bonchev–Trinajstić information content (AvgIpc) is 3.05. The maximum Gasteiger partial charge on any atom is 0.307 e. The van der Waals surface area contributed by atoms with Gasteiger partial charge in [0.15, 0.2) is 5.76 Å². The Labute approximate surface area is 144 Å². The molecule has 5 heteroatoms. The predicted octanol–water partition coefficient (Wildman–Crippen LogP) is 4.13. The molecule has 1 aromatic heterocycles. The molecule has 0 aliphatic carbocycles. The van der Waals surface area contributed by atoms with Crippen LogP contribution < -0.4 is 5.32 Å². The van der Waals surface area contributed by atoms with Crippen molar-refractivity contribution >= 4 is 17.6 Å². The van der Waals surface area contributed by atoms with Gasteiger partial charge in [-0.2, -0.15) is 0 Å². The van der Waals surface area contributed by atoms with Gasteiger partial charge in [0, 0.05) is 11.3 Å². The third-order valence-corrected chi connectivity index (χ3v) is 3.67. The first-order valence-corrected chi connectivity index (χ1v) is 7.80. The Bertz CT molecular complexity index is 927. The number of rotatable bonds is 5. The number of benzene rings is 2. The molecule has 0 aliphatic heterocycles.